The number of carbonyl (C=O) groups is 1. The molecule has 21 heavy (non-hydrogen) atoms. The second-order valence-electron chi connectivity index (χ2n) is 5.51. The van der Waals surface area contributed by atoms with Crippen molar-refractivity contribution < 1.29 is 4.79 Å². The number of benzene rings is 1. The summed E-state index contributed by atoms with van der Waals surface area (Å²) in [4.78, 5) is 16.8. The standard InChI is InChI=1S/C17H27N3O/c1-4-14-8-7-9-15(5-2)16(14)18-17(21)20-12-10-19(6-3)11-13-20/h7-9H,4-6,10-13H2,1-3H3,(H,18,21). The van der Waals surface area contributed by atoms with Gasteiger partial charge in [0.05, 0.1) is 0 Å². The molecular weight excluding hydrogens is 262 g/mol. The van der Waals surface area contributed by atoms with E-state index in [0.717, 1.165) is 51.3 Å². The summed E-state index contributed by atoms with van der Waals surface area (Å²) in [5.74, 6) is 0. The number of anilines is 1. The van der Waals surface area contributed by atoms with Gasteiger partial charge in [-0.3, -0.25) is 0 Å². The number of carbonyl (C=O) groups excluding carboxylic acids is 1. The van der Waals surface area contributed by atoms with Crippen LogP contribution in [-0.4, -0.2) is 48.6 Å². The number of urea groups is 1. The molecule has 4 heteroatoms. The highest BCUT2D eigenvalue weighted by Crippen LogP contribution is 2.23. The first-order valence-corrected chi connectivity index (χ1v) is 8.08. The minimum absolute atomic E-state index is 0.0429. The van der Waals surface area contributed by atoms with Crippen molar-refractivity contribution in [2.24, 2.45) is 0 Å². The van der Waals surface area contributed by atoms with Crippen molar-refractivity contribution in [2.75, 3.05) is 38.0 Å². The number of likely N-dealkylation sites (N-methyl/N-ethyl adjacent to an activating group) is 1. The topological polar surface area (TPSA) is 35.6 Å². The van der Waals surface area contributed by atoms with Gasteiger partial charge in [0.1, 0.15) is 0 Å². The van der Waals surface area contributed by atoms with E-state index in [1.807, 2.05) is 4.90 Å². The second kappa shape index (κ2) is 7.46. The Bertz CT molecular complexity index is 457. The summed E-state index contributed by atoms with van der Waals surface area (Å²) in [6.07, 6.45) is 1.88. The molecule has 1 heterocycles. The lowest BCUT2D eigenvalue weighted by atomic mass is 10.0. The minimum atomic E-state index is 0.0429. The molecule has 1 aromatic carbocycles. The first-order valence-electron chi connectivity index (χ1n) is 8.08. The third-order valence-electron chi connectivity index (χ3n) is 4.34. The van der Waals surface area contributed by atoms with Crippen LogP contribution in [0.4, 0.5) is 10.5 Å². The second-order valence-corrected chi connectivity index (χ2v) is 5.51. The van der Waals surface area contributed by atoms with Gasteiger partial charge in [-0.15, -0.1) is 0 Å². The monoisotopic (exact) mass is 289 g/mol. The molecular formula is C17H27N3O. The average molecular weight is 289 g/mol. The van der Waals surface area contributed by atoms with E-state index in [4.69, 9.17) is 0 Å². The van der Waals surface area contributed by atoms with Crippen LogP contribution in [0.5, 0.6) is 0 Å². The number of rotatable bonds is 4. The number of aryl methyl sites for hydroxylation is 2. The van der Waals surface area contributed by atoms with Gasteiger partial charge in [-0.05, 0) is 30.5 Å². The Morgan fingerprint density at radius 2 is 1.62 bits per heavy atom. The third-order valence-corrected chi connectivity index (χ3v) is 4.34. The van der Waals surface area contributed by atoms with E-state index in [1.165, 1.54) is 11.1 Å². The quantitative estimate of drug-likeness (QED) is 0.925. The molecule has 1 aliphatic heterocycles. The molecule has 1 N–H and O–H groups in total. The van der Waals surface area contributed by atoms with Gasteiger partial charge in [0.15, 0.2) is 0 Å². The lowest BCUT2D eigenvalue weighted by molar-refractivity contribution is 0.151. The molecule has 0 aliphatic carbocycles. The van der Waals surface area contributed by atoms with Crippen molar-refractivity contribution >= 4 is 11.7 Å². The molecule has 0 saturated carbocycles. The lowest BCUT2D eigenvalue weighted by Gasteiger charge is -2.34. The van der Waals surface area contributed by atoms with Crippen LogP contribution in [0, 0.1) is 0 Å². The predicted octanol–water partition coefficient (Wildman–Crippen LogP) is 2.98. The normalized spacial score (nSPS) is 16.0. The third kappa shape index (κ3) is 3.76. The molecule has 0 aromatic heterocycles. The molecule has 1 aliphatic rings. The van der Waals surface area contributed by atoms with Crippen LogP contribution in [0.2, 0.25) is 0 Å². The van der Waals surface area contributed by atoms with Gasteiger partial charge in [-0.1, -0.05) is 39.0 Å². The zero-order valence-corrected chi connectivity index (χ0v) is 13.5. The maximum atomic E-state index is 12.5. The van der Waals surface area contributed by atoms with Gasteiger partial charge in [0.25, 0.3) is 0 Å². The highest BCUT2D eigenvalue weighted by atomic mass is 16.2. The van der Waals surface area contributed by atoms with Crippen LogP contribution in [0.1, 0.15) is 31.9 Å². The maximum absolute atomic E-state index is 12.5. The van der Waals surface area contributed by atoms with Gasteiger partial charge in [0.2, 0.25) is 0 Å². The van der Waals surface area contributed by atoms with Crippen molar-refractivity contribution in [1.82, 2.24) is 9.80 Å². The van der Waals surface area contributed by atoms with E-state index < -0.39 is 0 Å². The summed E-state index contributed by atoms with van der Waals surface area (Å²) in [6.45, 7) is 11.1. The van der Waals surface area contributed by atoms with Crippen LogP contribution >= 0.6 is 0 Å². The highest BCUT2D eigenvalue weighted by Gasteiger charge is 2.21. The number of hydrogen-bond donors (Lipinski definition) is 1. The van der Waals surface area contributed by atoms with E-state index in [1.54, 1.807) is 0 Å². The van der Waals surface area contributed by atoms with Crippen LogP contribution in [-0.2, 0) is 12.8 Å². The summed E-state index contributed by atoms with van der Waals surface area (Å²) >= 11 is 0. The van der Waals surface area contributed by atoms with Crippen molar-refractivity contribution in [3.05, 3.63) is 29.3 Å². The summed E-state index contributed by atoms with van der Waals surface area (Å²) in [7, 11) is 0. The van der Waals surface area contributed by atoms with Gasteiger partial charge >= 0.3 is 6.03 Å². The molecule has 4 nitrogen and oxygen atoms in total. The van der Waals surface area contributed by atoms with Crippen molar-refractivity contribution in [1.29, 1.82) is 0 Å². The summed E-state index contributed by atoms with van der Waals surface area (Å²) in [5.41, 5.74) is 3.45. The van der Waals surface area contributed by atoms with Crippen LogP contribution < -0.4 is 5.32 Å². The summed E-state index contributed by atoms with van der Waals surface area (Å²) in [6, 6.07) is 6.32. The fraction of sp³-hybridized carbons (Fsp3) is 0.588. The highest BCUT2D eigenvalue weighted by molar-refractivity contribution is 5.91. The minimum Gasteiger partial charge on any atom is -0.322 e. The molecule has 2 amide bonds. The Hall–Kier alpha value is -1.55. The molecule has 1 aromatic rings. The number of nitrogens with one attached hydrogen (secondary N) is 1. The molecule has 1 saturated heterocycles. The molecule has 0 radical (unpaired) electrons. The number of piperazine rings is 1. The van der Waals surface area contributed by atoms with Crippen LogP contribution in [0.25, 0.3) is 0 Å². The number of amides is 2. The Kier molecular flexibility index (Phi) is 5.62. The van der Waals surface area contributed by atoms with Gasteiger partial charge in [-0.25, -0.2) is 4.79 Å². The Morgan fingerprint density at radius 1 is 1.05 bits per heavy atom. The Labute approximate surface area is 128 Å². The van der Waals surface area contributed by atoms with E-state index in [2.05, 4.69) is 49.2 Å². The lowest BCUT2D eigenvalue weighted by Crippen LogP contribution is -2.49. The predicted molar refractivity (Wildman–Crippen MR) is 87.9 cm³/mol. The van der Waals surface area contributed by atoms with E-state index >= 15 is 0 Å². The largest absolute Gasteiger partial charge is 0.322 e. The average Bonchev–Trinajstić information content (AvgIpc) is 2.55. The van der Waals surface area contributed by atoms with Crippen molar-refractivity contribution in [3.63, 3.8) is 0 Å². The fourth-order valence-corrected chi connectivity index (χ4v) is 2.86. The first kappa shape index (κ1) is 15.8. The van der Waals surface area contributed by atoms with E-state index in [9.17, 15) is 4.79 Å². The molecule has 2 rings (SSSR count). The number of nitrogens with zero attached hydrogens (tertiary/aromatic N) is 2. The maximum Gasteiger partial charge on any atom is 0.321 e. The van der Waals surface area contributed by atoms with Crippen molar-refractivity contribution in [3.8, 4) is 0 Å². The molecule has 1 fully saturated rings. The van der Waals surface area contributed by atoms with Crippen molar-refractivity contribution in [2.45, 2.75) is 33.6 Å². The zero-order chi connectivity index (χ0) is 15.2. The molecule has 0 bridgehead atoms. The van der Waals surface area contributed by atoms with Gasteiger partial charge in [-0.2, -0.15) is 0 Å². The van der Waals surface area contributed by atoms with Gasteiger partial charge < -0.3 is 15.1 Å². The molecule has 116 valence electrons. The Morgan fingerprint density at radius 3 is 2.10 bits per heavy atom. The molecule has 0 atom stereocenters. The van der Waals surface area contributed by atoms with E-state index in [0.29, 0.717) is 0 Å². The summed E-state index contributed by atoms with van der Waals surface area (Å²) < 4.78 is 0. The fourth-order valence-electron chi connectivity index (χ4n) is 2.86. The summed E-state index contributed by atoms with van der Waals surface area (Å²) in [5, 5.41) is 3.15. The molecule has 0 unspecified atom stereocenters. The number of hydrogen-bond acceptors (Lipinski definition) is 2. The molecule has 0 spiro atoms. The SMILES string of the molecule is CCc1cccc(CC)c1NC(=O)N1CCN(CC)CC1. The first-order chi connectivity index (χ1) is 10.2. The van der Waals surface area contributed by atoms with Gasteiger partial charge in [0, 0.05) is 31.9 Å². The smallest absolute Gasteiger partial charge is 0.321 e. The van der Waals surface area contributed by atoms with Crippen LogP contribution in [0.15, 0.2) is 18.2 Å². The zero-order valence-electron chi connectivity index (χ0n) is 13.5. The van der Waals surface area contributed by atoms with Crippen LogP contribution in [0.3, 0.4) is 0 Å². The Balaban J connectivity index is 2.06. The van der Waals surface area contributed by atoms with E-state index in [-0.39, 0.29) is 6.03 Å². The number of para-hydroxylation sites is 1.